The number of rotatable bonds is 8. The Bertz CT molecular complexity index is 812. The first kappa shape index (κ1) is 20.8. The minimum absolute atomic E-state index is 0.0816. The van der Waals surface area contributed by atoms with Gasteiger partial charge >= 0.3 is 0 Å². The van der Waals surface area contributed by atoms with Crippen molar-refractivity contribution in [3.8, 4) is 5.75 Å². The van der Waals surface area contributed by atoms with Crippen LogP contribution in [0.4, 0.5) is 0 Å². The molecule has 0 saturated carbocycles. The molecule has 4 rings (SSSR count). The van der Waals surface area contributed by atoms with Gasteiger partial charge in [0.1, 0.15) is 12.4 Å². The normalized spacial score (nSPS) is 19.5. The largest absolute Gasteiger partial charge is 0.491 e. The highest BCUT2D eigenvalue weighted by Crippen LogP contribution is 2.17. The molecular formula is C24H30N2O4. The first-order chi connectivity index (χ1) is 14.8. The van der Waals surface area contributed by atoms with Gasteiger partial charge in [-0.2, -0.15) is 0 Å². The molecular weight excluding hydrogens is 380 g/mol. The van der Waals surface area contributed by atoms with Crippen LogP contribution in [0.2, 0.25) is 0 Å². The van der Waals surface area contributed by atoms with Crippen LogP contribution in [0.25, 0.3) is 0 Å². The predicted octanol–water partition coefficient (Wildman–Crippen LogP) is 3.01. The molecule has 2 saturated heterocycles. The average molecular weight is 411 g/mol. The molecule has 2 aromatic carbocycles. The lowest BCUT2D eigenvalue weighted by atomic mass is 10.1. The van der Waals surface area contributed by atoms with E-state index < -0.39 is 0 Å². The molecule has 6 heteroatoms. The van der Waals surface area contributed by atoms with Crippen LogP contribution in [0.5, 0.6) is 5.75 Å². The van der Waals surface area contributed by atoms with Gasteiger partial charge in [0.05, 0.1) is 19.3 Å². The third kappa shape index (κ3) is 5.81. The molecule has 1 amide bonds. The Morgan fingerprint density at radius 1 is 1.03 bits per heavy atom. The SMILES string of the molecule is O=C(NCc1ccccc1CN1CCOCC1)c1ccc(OC[C@@H]2CCCO2)cc1. The van der Waals surface area contributed by atoms with E-state index in [2.05, 4.69) is 28.4 Å². The maximum absolute atomic E-state index is 12.6. The quantitative estimate of drug-likeness (QED) is 0.725. The van der Waals surface area contributed by atoms with Crippen LogP contribution in [0.3, 0.4) is 0 Å². The van der Waals surface area contributed by atoms with E-state index in [-0.39, 0.29) is 12.0 Å². The lowest BCUT2D eigenvalue weighted by molar-refractivity contribution is 0.0340. The molecule has 2 fully saturated rings. The molecule has 0 aliphatic carbocycles. The Balaban J connectivity index is 1.29. The van der Waals surface area contributed by atoms with Gasteiger partial charge in [-0.3, -0.25) is 9.69 Å². The molecule has 6 nitrogen and oxygen atoms in total. The molecule has 0 unspecified atom stereocenters. The maximum Gasteiger partial charge on any atom is 0.251 e. The van der Waals surface area contributed by atoms with E-state index in [0.717, 1.165) is 63.6 Å². The summed E-state index contributed by atoms with van der Waals surface area (Å²) in [6.45, 7) is 6.24. The van der Waals surface area contributed by atoms with Crippen molar-refractivity contribution in [3.05, 3.63) is 65.2 Å². The minimum Gasteiger partial charge on any atom is -0.491 e. The van der Waals surface area contributed by atoms with Crippen LogP contribution >= 0.6 is 0 Å². The van der Waals surface area contributed by atoms with Crippen molar-refractivity contribution >= 4 is 5.91 Å². The van der Waals surface area contributed by atoms with Gasteiger partial charge in [-0.25, -0.2) is 0 Å². The van der Waals surface area contributed by atoms with Gasteiger partial charge in [-0.15, -0.1) is 0 Å². The van der Waals surface area contributed by atoms with Crippen LogP contribution in [-0.4, -0.2) is 56.4 Å². The van der Waals surface area contributed by atoms with Crippen LogP contribution in [0.1, 0.15) is 34.3 Å². The lowest BCUT2D eigenvalue weighted by Gasteiger charge is -2.27. The minimum atomic E-state index is -0.0816. The summed E-state index contributed by atoms with van der Waals surface area (Å²) in [5.74, 6) is 0.680. The zero-order valence-corrected chi connectivity index (χ0v) is 17.3. The van der Waals surface area contributed by atoms with Gasteiger partial charge in [-0.1, -0.05) is 24.3 Å². The first-order valence-electron chi connectivity index (χ1n) is 10.8. The molecule has 0 spiro atoms. The second-order valence-corrected chi connectivity index (χ2v) is 7.81. The van der Waals surface area contributed by atoms with Crippen molar-refractivity contribution in [3.63, 3.8) is 0 Å². The second kappa shape index (κ2) is 10.6. The number of ether oxygens (including phenoxy) is 3. The molecule has 2 heterocycles. The van der Waals surface area contributed by atoms with Gasteiger partial charge in [0.2, 0.25) is 0 Å². The zero-order valence-electron chi connectivity index (χ0n) is 17.3. The number of amides is 1. The number of hydrogen-bond donors (Lipinski definition) is 1. The fourth-order valence-corrected chi connectivity index (χ4v) is 3.83. The monoisotopic (exact) mass is 410 g/mol. The Morgan fingerprint density at radius 2 is 1.80 bits per heavy atom. The van der Waals surface area contributed by atoms with E-state index in [9.17, 15) is 4.79 Å². The van der Waals surface area contributed by atoms with E-state index >= 15 is 0 Å². The van der Waals surface area contributed by atoms with Gasteiger partial charge in [-0.05, 0) is 48.2 Å². The summed E-state index contributed by atoms with van der Waals surface area (Å²) in [5.41, 5.74) is 3.02. The van der Waals surface area contributed by atoms with E-state index in [1.54, 1.807) is 12.1 Å². The smallest absolute Gasteiger partial charge is 0.251 e. The fourth-order valence-electron chi connectivity index (χ4n) is 3.83. The summed E-state index contributed by atoms with van der Waals surface area (Å²) < 4.78 is 16.8. The Kier molecular flexibility index (Phi) is 7.34. The van der Waals surface area contributed by atoms with Gasteiger partial charge in [0, 0.05) is 38.3 Å². The van der Waals surface area contributed by atoms with E-state index in [4.69, 9.17) is 14.2 Å². The number of morpholine rings is 1. The number of carbonyl (C=O) groups is 1. The molecule has 30 heavy (non-hydrogen) atoms. The lowest BCUT2D eigenvalue weighted by Crippen LogP contribution is -2.36. The highest BCUT2D eigenvalue weighted by Gasteiger charge is 2.16. The van der Waals surface area contributed by atoms with Crippen molar-refractivity contribution in [2.24, 2.45) is 0 Å². The summed E-state index contributed by atoms with van der Waals surface area (Å²) in [5, 5.41) is 3.05. The van der Waals surface area contributed by atoms with Gasteiger partial charge < -0.3 is 19.5 Å². The van der Waals surface area contributed by atoms with Crippen LogP contribution in [0.15, 0.2) is 48.5 Å². The first-order valence-corrected chi connectivity index (χ1v) is 10.8. The summed E-state index contributed by atoms with van der Waals surface area (Å²) >= 11 is 0. The fraction of sp³-hybridized carbons (Fsp3) is 0.458. The van der Waals surface area contributed by atoms with Crippen molar-refractivity contribution < 1.29 is 19.0 Å². The van der Waals surface area contributed by atoms with Crippen molar-refractivity contribution in [2.45, 2.75) is 32.0 Å². The van der Waals surface area contributed by atoms with Crippen LogP contribution in [-0.2, 0) is 22.6 Å². The molecule has 1 atom stereocenters. The summed E-state index contributed by atoms with van der Waals surface area (Å²) in [6.07, 6.45) is 2.33. The molecule has 2 aliphatic rings. The molecule has 160 valence electrons. The van der Waals surface area contributed by atoms with Crippen LogP contribution in [0, 0.1) is 0 Å². The molecule has 1 N–H and O–H groups in total. The standard InChI is InChI=1S/C24H30N2O4/c27-24(19-7-9-22(10-8-19)30-18-23-6-3-13-29-23)25-16-20-4-1-2-5-21(20)17-26-11-14-28-15-12-26/h1-2,4-5,7-10,23H,3,6,11-18H2,(H,25,27)/t23-/m0/s1. The topological polar surface area (TPSA) is 60.0 Å². The average Bonchev–Trinajstić information content (AvgIpc) is 3.32. The Morgan fingerprint density at radius 3 is 2.53 bits per heavy atom. The van der Waals surface area contributed by atoms with E-state index in [1.807, 2.05) is 18.2 Å². The zero-order chi connectivity index (χ0) is 20.6. The number of nitrogens with zero attached hydrogens (tertiary/aromatic N) is 1. The third-order valence-electron chi connectivity index (χ3n) is 5.63. The molecule has 2 aromatic rings. The van der Waals surface area contributed by atoms with Crippen molar-refractivity contribution in [1.29, 1.82) is 0 Å². The van der Waals surface area contributed by atoms with Crippen molar-refractivity contribution in [1.82, 2.24) is 10.2 Å². The number of hydrogen-bond acceptors (Lipinski definition) is 5. The highest BCUT2D eigenvalue weighted by molar-refractivity contribution is 5.94. The van der Waals surface area contributed by atoms with Gasteiger partial charge in [0.25, 0.3) is 5.91 Å². The van der Waals surface area contributed by atoms with Crippen molar-refractivity contribution in [2.75, 3.05) is 39.5 Å². The predicted molar refractivity (Wildman–Crippen MR) is 115 cm³/mol. The highest BCUT2D eigenvalue weighted by atomic mass is 16.5. The van der Waals surface area contributed by atoms with E-state index in [1.165, 1.54) is 5.56 Å². The number of benzene rings is 2. The Hall–Kier alpha value is -2.41. The summed E-state index contributed by atoms with van der Waals surface area (Å²) in [6, 6.07) is 15.6. The maximum atomic E-state index is 12.6. The molecule has 0 aromatic heterocycles. The van der Waals surface area contributed by atoms with E-state index in [0.29, 0.717) is 18.7 Å². The molecule has 0 radical (unpaired) electrons. The second-order valence-electron chi connectivity index (χ2n) is 7.81. The molecule has 0 bridgehead atoms. The summed E-state index contributed by atoms with van der Waals surface area (Å²) in [4.78, 5) is 15.0. The van der Waals surface area contributed by atoms with Crippen LogP contribution < -0.4 is 10.1 Å². The number of nitrogens with one attached hydrogen (secondary N) is 1. The molecule has 2 aliphatic heterocycles. The van der Waals surface area contributed by atoms with Gasteiger partial charge in [0.15, 0.2) is 0 Å². The summed E-state index contributed by atoms with van der Waals surface area (Å²) in [7, 11) is 0. The third-order valence-corrected chi connectivity index (χ3v) is 5.63. The Labute approximate surface area is 178 Å². The number of carbonyl (C=O) groups excluding carboxylic acids is 1.